The molecule has 15 heavy (non-hydrogen) atoms. The van der Waals surface area contributed by atoms with Crippen molar-refractivity contribution >= 4 is 9.84 Å². The Labute approximate surface area is 91.1 Å². The van der Waals surface area contributed by atoms with Crippen molar-refractivity contribution in [3.8, 4) is 0 Å². The second kappa shape index (κ2) is 4.78. The lowest BCUT2D eigenvalue weighted by Crippen LogP contribution is -2.38. The predicted molar refractivity (Wildman–Crippen MR) is 59.2 cm³/mol. The van der Waals surface area contributed by atoms with Gasteiger partial charge < -0.3 is 5.73 Å². The predicted octanol–water partition coefficient (Wildman–Crippen LogP) is 1.42. The van der Waals surface area contributed by atoms with Crippen LogP contribution in [0.15, 0.2) is 0 Å². The van der Waals surface area contributed by atoms with Gasteiger partial charge in [0.05, 0.1) is 0 Å². The van der Waals surface area contributed by atoms with Gasteiger partial charge in [-0.15, -0.1) is 0 Å². The fourth-order valence-electron chi connectivity index (χ4n) is 2.23. The SMILES string of the molecule is CS(=O)(=O)CCCC1(F)CCCC(N)C1. The summed E-state index contributed by atoms with van der Waals surface area (Å²) in [6, 6.07) is -0.0537. The van der Waals surface area contributed by atoms with Crippen molar-refractivity contribution in [2.45, 2.75) is 50.2 Å². The van der Waals surface area contributed by atoms with Gasteiger partial charge in [0.2, 0.25) is 0 Å². The molecule has 0 bridgehead atoms. The lowest BCUT2D eigenvalue weighted by molar-refractivity contribution is 0.0856. The van der Waals surface area contributed by atoms with Gasteiger partial charge in [0.1, 0.15) is 15.5 Å². The van der Waals surface area contributed by atoms with Crippen molar-refractivity contribution in [3.05, 3.63) is 0 Å². The Bertz CT molecular complexity index is 305. The lowest BCUT2D eigenvalue weighted by Gasteiger charge is -2.33. The van der Waals surface area contributed by atoms with Crippen LogP contribution in [0.3, 0.4) is 0 Å². The number of halogens is 1. The lowest BCUT2D eigenvalue weighted by atomic mass is 9.81. The molecule has 0 heterocycles. The highest BCUT2D eigenvalue weighted by atomic mass is 32.2. The van der Waals surface area contributed by atoms with E-state index in [9.17, 15) is 12.8 Å². The van der Waals surface area contributed by atoms with Gasteiger partial charge in [0, 0.05) is 18.1 Å². The van der Waals surface area contributed by atoms with Crippen LogP contribution in [0.25, 0.3) is 0 Å². The molecule has 2 unspecified atom stereocenters. The molecule has 5 heteroatoms. The molecular weight excluding hydrogens is 217 g/mol. The summed E-state index contributed by atoms with van der Waals surface area (Å²) < 4.78 is 35.9. The van der Waals surface area contributed by atoms with E-state index in [1.54, 1.807) is 0 Å². The largest absolute Gasteiger partial charge is 0.328 e. The minimum Gasteiger partial charge on any atom is -0.328 e. The molecule has 0 aliphatic heterocycles. The maximum atomic E-state index is 14.1. The number of nitrogens with two attached hydrogens (primary N) is 1. The van der Waals surface area contributed by atoms with E-state index in [4.69, 9.17) is 5.73 Å². The molecule has 1 aliphatic carbocycles. The van der Waals surface area contributed by atoms with Crippen molar-refractivity contribution in [2.75, 3.05) is 12.0 Å². The van der Waals surface area contributed by atoms with Crippen molar-refractivity contribution in [1.82, 2.24) is 0 Å². The van der Waals surface area contributed by atoms with Crippen LogP contribution in [0, 0.1) is 0 Å². The Balaban J connectivity index is 2.36. The van der Waals surface area contributed by atoms with E-state index in [1.807, 2.05) is 0 Å². The van der Waals surface area contributed by atoms with Crippen LogP contribution in [-0.4, -0.2) is 32.1 Å². The van der Waals surface area contributed by atoms with Gasteiger partial charge in [-0.1, -0.05) is 0 Å². The summed E-state index contributed by atoms with van der Waals surface area (Å²) in [5.41, 5.74) is 4.49. The van der Waals surface area contributed by atoms with Crippen LogP contribution in [0.1, 0.15) is 38.5 Å². The van der Waals surface area contributed by atoms with Crippen molar-refractivity contribution < 1.29 is 12.8 Å². The Morgan fingerprint density at radius 1 is 1.53 bits per heavy atom. The summed E-state index contributed by atoms with van der Waals surface area (Å²) >= 11 is 0. The number of rotatable bonds is 4. The molecule has 1 aliphatic rings. The normalized spacial score (nSPS) is 32.9. The Kier molecular flexibility index (Phi) is 4.12. The molecule has 1 fully saturated rings. The Morgan fingerprint density at radius 3 is 2.73 bits per heavy atom. The van der Waals surface area contributed by atoms with E-state index in [-0.39, 0.29) is 11.8 Å². The van der Waals surface area contributed by atoms with Gasteiger partial charge in [-0.05, 0) is 38.5 Å². The van der Waals surface area contributed by atoms with E-state index >= 15 is 0 Å². The minimum absolute atomic E-state index is 0.0537. The zero-order chi connectivity index (χ0) is 11.5. The molecule has 0 radical (unpaired) electrons. The Morgan fingerprint density at radius 2 is 2.20 bits per heavy atom. The zero-order valence-electron chi connectivity index (χ0n) is 9.21. The molecule has 0 aromatic carbocycles. The average molecular weight is 237 g/mol. The van der Waals surface area contributed by atoms with Gasteiger partial charge in [-0.2, -0.15) is 0 Å². The molecule has 0 amide bonds. The molecule has 2 N–H and O–H groups in total. The van der Waals surface area contributed by atoms with Gasteiger partial charge in [0.15, 0.2) is 0 Å². The summed E-state index contributed by atoms with van der Waals surface area (Å²) in [6.45, 7) is 0. The van der Waals surface area contributed by atoms with Crippen LogP contribution in [0.4, 0.5) is 4.39 Å². The molecule has 0 aromatic rings. The van der Waals surface area contributed by atoms with E-state index in [0.717, 1.165) is 12.8 Å². The molecule has 0 saturated heterocycles. The first-order chi connectivity index (χ1) is 6.81. The molecule has 0 aromatic heterocycles. The van der Waals surface area contributed by atoms with Crippen molar-refractivity contribution in [3.63, 3.8) is 0 Å². The van der Waals surface area contributed by atoms with Gasteiger partial charge >= 0.3 is 0 Å². The molecule has 0 spiro atoms. The minimum atomic E-state index is -2.96. The second-order valence-corrected chi connectivity index (χ2v) is 7.00. The summed E-state index contributed by atoms with van der Waals surface area (Å²) in [7, 11) is -2.96. The van der Waals surface area contributed by atoms with E-state index in [2.05, 4.69) is 0 Å². The van der Waals surface area contributed by atoms with Crippen LogP contribution in [0.5, 0.6) is 0 Å². The summed E-state index contributed by atoms with van der Waals surface area (Å²) in [4.78, 5) is 0. The second-order valence-electron chi connectivity index (χ2n) is 4.74. The van der Waals surface area contributed by atoms with Gasteiger partial charge in [-0.25, -0.2) is 12.8 Å². The fourth-order valence-corrected chi connectivity index (χ4v) is 2.90. The zero-order valence-corrected chi connectivity index (χ0v) is 10.0. The number of alkyl halides is 1. The summed E-state index contributed by atoms with van der Waals surface area (Å²) in [5.74, 6) is 0.0773. The maximum absolute atomic E-state index is 14.1. The van der Waals surface area contributed by atoms with Crippen molar-refractivity contribution in [2.24, 2.45) is 5.73 Å². The monoisotopic (exact) mass is 237 g/mol. The molecule has 2 atom stereocenters. The van der Waals surface area contributed by atoms with E-state index in [1.165, 1.54) is 6.26 Å². The van der Waals surface area contributed by atoms with Crippen LogP contribution >= 0.6 is 0 Å². The third kappa shape index (κ3) is 4.93. The quantitative estimate of drug-likeness (QED) is 0.804. The van der Waals surface area contributed by atoms with Crippen LogP contribution in [0.2, 0.25) is 0 Å². The standard InChI is InChI=1S/C10H20FNO2S/c1-15(13,14)7-3-6-10(11)5-2-4-9(12)8-10/h9H,2-8,12H2,1H3. The maximum Gasteiger partial charge on any atom is 0.147 e. The van der Waals surface area contributed by atoms with Crippen LogP contribution in [-0.2, 0) is 9.84 Å². The van der Waals surface area contributed by atoms with E-state index < -0.39 is 15.5 Å². The number of sulfone groups is 1. The number of hydrogen-bond acceptors (Lipinski definition) is 3. The molecule has 1 saturated carbocycles. The summed E-state index contributed by atoms with van der Waals surface area (Å²) in [6.07, 6.45) is 4.54. The van der Waals surface area contributed by atoms with Gasteiger partial charge in [-0.3, -0.25) is 0 Å². The molecule has 1 rings (SSSR count). The molecular formula is C10H20FNO2S. The number of hydrogen-bond donors (Lipinski definition) is 1. The Hall–Kier alpha value is -0.160. The van der Waals surface area contributed by atoms with Crippen molar-refractivity contribution in [1.29, 1.82) is 0 Å². The highest BCUT2D eigenvalue weighted by Crippen LogP contribution is 2.35. The van der Waals surface area contributed by atoms with Crippen LogP contribution < -0.4 is 5.73 Å². The summed E-state index contributed by atoms with van der Waals surface area (Å²) in [5, 5.41) is 0. The highest BCUT2D eigenvalue weighted by Gasteiger charge is 2.34. The van der Waals surface area contributed by atoms with Gasteiger partial charge in [0.25, 0.3) is 0 Å². The molecule has 3 nitrogen and oxygen atoms in total. The topological polar surface area (TPSA) is 60.2 Å². The third-order valence-corrected chi connectivity index (χ3v) is 4.00. The molecule has 90 valence electrons. The first kappa shape index (κ1) is 12.9. The smallest absolute Gasteiger partial charge is 0.147 e. The fraction of sp³-hybridized carbons (Fsp3) is 1.00. The third-order valence-electron chi connectivity index (χ3n) is 2.97. The first-order valence-corrected chi connectivity index (χ1v) is 7.49. The highest BCUT2D eigenvalue weighted by molar-refractivity contribution is 7.90. The van der Waals surface area contributed by atoms with E-state index in [0.29, 0.717) is 25.7 Å². The first-order valence-electron chi connectivity index (χ1n) is 5.43. The average Bonchev–Trinajstić information content (AvgIpc) is 1.99.